The number of para-hydroxylation sites is 1. The summed E-state index contributed by atoms with van der Waals surface area (Å²) in [5, 5.41) is 3.60. The Morgan fingerprint density at radius 1 is 0.971 bits per heavy atom. The van der Waals surface area contributed by atoms with Crippen molar-refractivity contribution in [3.05, 3.63) is 97.8 Å². The summed E-state index contributed by atoms with van der Waals surface area (Å²) in [5.74, 6) is -0.534. The van der Waals surface area contributed by atoms with Gasteiger partial charge in [-0.3, -0.25) is 19.3 Å². The van der Waals surface area contributed by atoms with Gasteiger partial charge in [-0.25, -0.2) is 0 Å². The molecule has 0 saturated carbocycles. The second-order valence-corrected chi connectivity index (χ2v) is 9.67. The first-order chi connectivity index (χ1) is 16.8. The van der Waals surface area contributed by atoms with Crippen molar-refractivity contribution >= 4 is 75.4 Å². The van der Waals surface area contributed by atoms with Crippen LogP contribution < -0.4 is 10.1 Å². The van der Waals surface area contributed by atoms with Crippen LogP contribution in [-0.2, 0) is 16.1 Å². The number of hydrogen-bond donors (Lipinski definition) is 1. The number of imide groups is 1. The smallest absolute Gasteiger partial charge is 0.293 e. The Kier molecular flexibility index (Phi) is 8.03. The molecular weight excluding hydrogens is 531 g/mol. The Bertz CT molecular complexity index is 1350. The van der Waals surface area contributed by atoms with Crippen LogP contribution in [0.5, 0.6) is 5.75 Å². The summed E-state index contributed by atoms with van der Waals surface area (Å²) in [6, 6.07) is 18.6. The van der Waals surface area contributed by atoms with E-state index >= 15 is 0 Å². The van der Waals surface area contributed by atoms with Crippen molar-refractivity contribution in [2.45, 2.75) is 6.54 Å². The Balaban J connectivity index is 1.49. The number of nitrogens with one attached hydrogen (secondary N) is 1. The molecule has 1 heterocycles. The fraction of sp³-hybridized carbons (Fsp3) is 0.0800. The van der Waals surface area contributed by atoms with Gasteiger partial charge in [-0.15, -0.1) is 0 Å². The molecule has 0 spiro atoms. The Labute approximate surface area is 220 Å². The lowest BCUT2D eigenvalue weighted by Crippen LogP contribution is -2.27. The summed E-state index contributed by atoms with van der Waals surface area (Å²) >= 11 is 19.0. The number of thioether (sulfide) groups is 1. The molecule has 3 amide bonds. The molecule has 0 aromatic heterocycles. The standard InChI is InChI=1S/C25H17Cl3N2O4S/c26-17-5-3-4-15(10-17)13-30-24(32)22(35-25(30)33)12-16-11-18(27)8-9-21(16)34-14-23(31)29-20-7-2-1-6-19(20)28/h1-12H,13-14H2,(H,29,31)/b22-12-. The van der Waals surface area contributed by atoms with E-state index in [0.717, 1.165) is 22.2 Å². The zero-order chi connectivity index (χ0) is 24.9. The number of anilines is 1. The van der Waals surface area contributed by atoms with Gasteiger partial charge in [-0.2, -0.15) is 0 Å². The van der Waals surface area contributed by atoms with Crippen LogP contribution >= 0.6 is 46.6 Å². The number of ether oxygens (including phenoxy) is 1. The quantitative estimate of drug-likeness (QED) is 0.326. The molecule has 3 aromatic carbocycles. The van der Waals surface area contributed by atoms with E-state index < -0.39 is 17.1 Å². The molecule has 1 aliphatic rings. The van der Waals surface area contributed by atoms with Crippen LogP contribution in [0.15, 0.2) is 71.6 Å². The van der Waals surface area contributed by atoms with Crippen molar-refractivity contribution < 1.29 is 19.1 Å². The molecule has 3 aromatic rings. The second kappa shape index (κ2) is 11.2. The summed E-state index contributed by atoms with van der Waals surface area (Å²) in [6.07, 6.45) is 1.52. The van der Waals surface area contributed by atoms with Crippen LogP contribution in [0.4, 0.5) is 10.5 Å². The molecule has 0 unspecified atom stereocenters. The van der Waals surface area contributed by atoms with Crippen LogP contribution in [0, 0.1) is 0 Å². The molecule has 0 aliphatic carbocycles. The molecule has 1 N–H and O–H groups in total. The van der Waals surface area contributed by atoms with Gasteiger partial charge in [0.15, 0.2) is 6.61 Å². The normalized spacial score (nSPS) is 14.5. The fourth-order valence-corrected chi connectivity index (χ4v) is 4.66. The predicted octanol–water partition coefficient (Wildman–Crippen LogP) is 6.90. The lowest BCUT2D eigenvalue weighted by molar-refractivity contribution is -0.123. The second-order valence-electron chi connectivity index (χ2n) is 7.40. The van der Waals surface area contributed by atoms with Gasteiger partial charge in [0.2, 0.25) is 0 Å². The number of amides is 3. The third-order valence-electron chi connectivity index (χ3n) is 4.87. The van der Waals surface area contributed by atoms with Gasteiger partial charge >= 0.3 is 0 Å². The lowest BCUT2D eigenvalue weighted by atomic mass is 10.1. The summed E-state index contributed by atoms with van der Waals surface area (Å²) in [5.41, 5.74) is 1.65. The molecule has 1 aliphatic heterocycles. The maximum atomic E-state index is 12.9. The number of carbonyl (C=O) groups is 3. The van der Waals surface area contributed by atoms with E-state index in [-0.39, 0.29) is 18.1 Å². The van der Waals surface area contributed by atoms with Crippen LogP contribution in [0.1, 0.15) is 11.1 Å². The van der Waals surface area contributed by atoms with Gasteiger partial charge in [0.25, 0.3) is 17.1 Å². The van der Waals surface area contributed by atoms with Gasteiger partial charge in [0, 0.05) is 15.6 Å². The van der Waals surface area contributed by atoms with Gasteiger partial charge in [0.1, 0.15) is 5.75 Å². The highest BCUT2D eigenvalue weighted by Gasteiger charge is 2.35. The minimum atomic E-state index is -0.442. The molecule has 1 fully saturated rings. The topological polar surface area (TPSA) is 75.7 Å². The van der Waals surface area contributed by atoms with E-state index in [1.807, 2.05) is 0 Å². The molecule has 0 bridgehead atoms. The monoisotopic (exact) mass is 546 g/mol. The number of halogens is 3. The summed E-state index contributed by atoms with van der Waals surface area (Å²) in [7, 11) is 0. The predicted molar refractivity (Wildman–Crippen MR) is 140 cm³/mol. The molecule has 35 heavy (non-hydrogen) atoms. The first kappa shape index (κ1) is 25.1. The van der Waals surface area contributed by atoms with Crippen molar-refractivity contribution in [1.82, 2.24) is 4.90 Å². The van der Waals surface area contributed by atoms with E-state index in [0.29, 0.717) is 32.1 Å². The number of rotatable bonds is 7. The van der Waals surface area contributed by atoms with Crippen LogP contribution in [0.2, 0.25) is 15.1 Å². The molecule has 4 rings (SSSR count). The van der Waals surface area contributed by atoms with Crippen molar-refractivity contribution in [3.8, 4) is 5.75 Å². The average Bonchev–Trinajstić information content (AvgIpc) is 3.07. The zero-order valence-corrected chi connectivity index (χ0v) is 21.0. The van der Waals surface area contributed by atoms with E-state index in [1.54, 1.807) is 66.7 Å². The molecule has 6 nitrogen and oxygen atoms in total. The number of hydrogen-bond acceptors (Lipinski definition) is 5. The van der Waals surface area contributed by atoms with Gasteiger partial charge < -0.3 is 10.1 Å². The SMILES string of the molecule is O=C(COc1ccc(Cl)cc1/C=C1\SC(=O)N(Cc2cccc(Cl)c2)C1=O)Nc1ccccc1Cl. The van der Waals surface area contributed by atoms with Crippen LogP contribution in [0.25, 0.3) is 6.08 Å². The van der Waals surface area contributed by atoms with Crippen molar-refractivity contribution in [1.29, 1.82) is 0 Å². The molecule has 1 saturated heterocycles. The molecule has 0 atom stereocenters. The van der Waals surface area contributed by atoms with Gasteiger partial charge in [-0.05, 0) is 65.9 Å². The third-order valence-corrected chi connectivity index (χ3v) is 6.58. The van der Waals surface area contributed by atoms with Crippen molar-refractivity contribution in [2.75, 3.05) is 11.9 Å². The lowest BCUT2D eigenvalue weighted by Gasteiger charge is -2.13. The van der Waals surface area contributed by atoms with Crippen molar-refractivity contribution in [2.24, 2.45) is 0 Å². The minimum Gasteiger partial charge on any atom is -0.483 e. The Morgan fingerprint density at radius 3 is 2.51 bits per heavy atom. The first-order valence-electron chi connectivity index (χ1n) is 10.3. The van der Waals surface area contributed by atoms with Gasteiger partial charge in [0.05, 0.1) is 22.2 Å². The maximum Gasteiger partial charge on any atom is 0.293 e. The van der Waals surface area contributed by atoms with Gasteiger partial charge in [-0.1, -0.05) is 59.1 Å². The number of benzene rings is 3. The molecule has 178 valence electrons. The number of nitrogens with zero attached hydrogens (tertiary/aromatic N) is 1. The van der Waals surface area contributed by atoms with Crippen LogP contribution in [-0.4, -0.2) is 28.6 Å². The Morgan fingerprint density at radius 2 is 1.74 bits per heavy atom. The maximum absolute atomic E-state index is 12.9. The summed E-state index contributed by atoms with van der Waals surface area (Å²) < 4.78 is 5.68. The first-order valence-corrected chi connectivity index (χ1v) is 12.2. The van der Waals surface area contributed by atoms with Crippen molar-refractivity contribution in [3.63, 3.8) is 0 Å². The van der Waals surface area contributed by atoms with E-state index in [1.165, 1.54) is 6.08 Å². The van der Waals surface area contributed by atoms with Crippen LogP contribution in [0.3, 0.4) is 0 Å². The fourth-order valence-electron chi connectivity index (χ4n) is 3.25. The van der Waals surface area contributed by atoms with E-state index in [4.69, 9.17) is 39.5 Å². The molecule has 10 heteroatoms. The highest BCUT2D eigenvalue weighted by molar-refractivity contribution is 8.18. The molecule has 0 radical (unpaired) electrons. The number of carbonyl (C=O) groups excluding carboxylic acids is 3. The zero-order valence-electron chi connectivity index (χ0n) is 18.0. The Hall–Kier alpha value is -2.97. The highest BCUT2D eigenvalue weighted by atomic mass is 35.5. The third kappa shape index (κ3) is 6.38. The van der Waals surface area contributed by atoms with E-state index in [2.05, 4.69) is 5.32 Å². The minimum absolute atomic E-state index is 0.101. The highest BCUT2D eigenvalue weighted by Crippen LogP contribution is 2.36. The summed E-state index contributed by atoms with van der Waals surface area (Å²) in [6.45, 7) is -0.201. The summed E-state index contributed by atoms with van der Waals surface area (Å²) in [4.78, 5) is 39.2. The average molecular weight is 548 g/mol. The molecular formula is C25H17Cl3N2O4S. The largest absolute Gasteiger partial charge is 0.483 e. The van der Waals surface area contributed by atoms with E-state index in [9.17, 15) is 14.4 Å².